The molecule has 20 heavy (non-hydrogen) atoms. The molecule has 114 valence electrons. The van der Waals surface area contributed by atoms with Gasteiger partial charge in [-0.05, 0) is 69.4 Å². The van der Waals surface area contributed by atoms with Crippen molar-refractivity contribution in [2.75, 3.05) is 27.2 Å². The predicted molar refractivity (Wildman–Crippen MR) is 81.4 cm³/mol. The van der Waals surface area contributed by atoms with Crippen molar-refractivity contribution in [3.63, 3.8) is 0 Å². The summed E-state index contributed by atoms with van der Waals surface area (Å²) in [5, 5.41) is 0. The van der Waals surface area contributed by atoms with Crippen LogP contribution in [0.3, 0.4) is 0 Å². The summed E-state index contributed by atoms with van der Waals surface area (Å²) < 4.78 is 0. The number of hydrogen-bond donors (Lipinski definition) is 0. The van der Waals surface area contributed by atoms with Crippen LogP contribution in [0.4, 0.5) is 0 Å². The molecule has 0 N–H and O–H groups in total. The average Bonchev–Trinajstić information content (AvgIpc) is 3.06. The Kier molecular flexibility index (Phi) is 3.60. The van der Waals surface area contributed by atoms with E-state index in [4.69, 9.17) is 0 Å². The van der Waals surface area contributed by atoms with Gasteiger partial charge in [-0.3, -0.25) is 9.69 Å². The number of nitrogens with zero attached hydrogens (tertiary/aromatic N) is 2. The highest BCUT2D eigenvalue weighted by Gasteiger charge is 2.49. The molecule has 3 aliphatic rings. The zero-order valence-corrected chi connectivity index (χ0v) is 13.6. The van der Waals surface area contributed by atoms with Gasteiger partial charge in [0.25, 0.3) is 0 Å². The van der Waals surface area contributed by atoms with E-state index in [0.29, 0.717) is 5.91 Å². The maximum Gasteiger partial charge on any atom is 0.239 e. The minimum atomic E-state index is 0.0731. The second kappa shape index (κ2) is 5.01. The minimum Gasteiger partial charge on any atom is -0.341 e. The lowest BCUT2D eigenvalue weighted by molar-refractivity contribution is -0.136. The van der Waals surface area contributed by atoms with Gasteiger partial charge in [0, 0.05) is 13.1 Å². The fraction of sp³-hybridized carbons (Fsp3) is 0.941. The van der Waals surface area contributed by atoms with Crippen LogP contribution < -0.4 is 0 Å². The van der Waals surface area contributed by atoms with Crippen LogP contribution in [-0.2, 0) is 4.79 Å². The number of fused-ring (bicyclic) bond motifs is 1. The zero-order chi connectivity index (χ0) is 14.5. The van der Waals surface area contributed by atoms with Crippen LogP contribution in [0.1, 0.15) is 46.0 Å². The number of hydrogen-bond acceptors (Lipinski definition) is 2. The Balaban J connectivity index is 1.70. The van der Waals surface area contributed by atoms with Crippen molar-refractivity contribution in [1.82, 2.24) is 9.80 Å². The Labute approximate surface area is 123 Å². The molecule has 0 aromatic carbocycles. The summed E-state index contributed by atoms with van der Waals surface area (Å²) in [4.78, 5) is 17.2. The fourth-order valence-electron chi connectivity index (χ4n) is 4.39. The summed E-state index contributed by atoms with van der Waals surface area (Å²) in [5.74, 6) is 3.15. The number of amides is 1. The maximum absolute atomic E-state index is 12.9. The Hall–Kier alpha value is -0.570. The monoisotopic (exact) mass is 278 g/mol. The lowest BCUT2D eigenvalue weighted by atomic mass is 9.83. The second-order valence-corrected chi connectivity index (χ2v) is 8.38. The van der Waals surface area contributed by atoms with Gasteiger partial charge < -0.3 is 4.90 Å². The van der Waals surface area contributed by atoms with Crippen molar-refractivity contribution in [2.24, 2.45) is 23.2 Å². The Morgan fingerprint density at radius 1 is 1.30 bits per heavy atom. The largest absolute Gasteiger partial charge is 0.341 e. The first-order valence-corrected chi connectivity index (χ1v) is 8.32. The van der Waals surface area contributed by atoms with Crippen LogP contribution in [0.5, 0.6) is 0 Å². The molecule has 3 fully saturated rings. The molecule has 0 bridgehead atoms. The van der Waals surface area contributed by atoms with Crippen molar-refractivity contribution in [3.05, 3.63) is 0 Å². The Bertz CT molecular complexity index is 390. The van der Waals surface area contributed by atoms with Crippen molar-refractivity contribution in [3.8, 4) is 0 Å². The molecule has 1 saturated heterocycles. The van der Waals surface area contributed by atoms with Gasteiger partial charge >= 0.3 is 0 Å². The third-order valence-electron chi connectivity index (χ3n) is 5.97. The van der Waals surface area contributed by atoms with E-state index in [-0.39, 0.29) is 11.5 Å². The smallest absolute Gasteiger partial charge is 0.239 e. The molecule has 3 rings (SSSR count). The van der Waals surface area contributed by atoms with Crippen LogP contribution in [0.15, 0.2) is 0 Å². The van der Waals surface area contributed by atoms with Crippen LogP contribution in [0.2, 0.25) is 0 Å². The SMILES string of the molecule is CN(C)C1CC(C)(C)CCN(CC2CCC3CC32)C1=O. The van der Waals surface area contributed by atoms with Crippen molar-refractivity contribution >= 4 is 5.91 Å². The van der Waals surface area contributed by atoms with E-state index in [1.807, 2.05) is 0 Å². The second-order valence-electron chi connectivity index (χ2n) is 8.38. The van der Waals surface area contributed by atoms with Crippen molar-refractivity contribution in [2.45, 2.75) is 52.0 Å². The topological polar surface area (TPSA) is 23.6 Å². The van der Waals surface area contributed by atoms with Gasteiger partial charge in [-0.25, -0.2) is 0 Å². The molecule has 2 saturated carbocycles. The molecule has 2 aliphatic carbocycles. The molecule has 0 aromatic heterocycles. The Morgan fingerprint density at radius 2 is 2.05 bits per heavy atom. The molecular formula is C17H30N2O. The average molecular weight is 278 g/mol. The minimum absolute atomic E-state index is 0.0731. The standard InChI is InChI=1S/C17H30N2O/c1-17(2)7-8-19(16(20)15(10-17)18(3)4)11-13-6-5-12-9-14(12)13/h12-15H,5-11H2,1-4H3. The highest BCUT2D eigenvalue weighted by atomic mass is 16.2. The maximum atomic E-state index is 12.9. The molecule has 3 heteroatoms. The van der Waals surface area contributed by atoms with E-state index in [0.717, 1.165) is 43.7 Å². The molecule has 1 amide bonds. The molecule has 4 unspecified atom stereocenters. The van der Waals surface area contributed by atoms with E-state index in [2.05, 4.69) is 37.7 Å². The summed E-state index contributed by atoms with van der Waals surface area (Å²) in [6.07, 6.45) is 6.35. The summed E-state index contributed by atoms with van der Waals surface area (Å²) in [5.41, 5.74) is 0.275. The first-order chi connectivity index (χ1) is 9.37. The van der Waals surface area contributed by atoms with Crippen molar-refractivity contribution in [1.29, 1.82) is 0 Å². The number of likely N-dealkylation sites (N-methyl/N-ethyl adjacent to an activating group) is 1. The number of likely N-dealkylation sites (tertiary alicyclic amines) is 1. The van der Waals surface area contributed by atoms with E-state index < -0.39 is 0 Å². The summed E-state index contributed by atoms with van der Waals surface area (Å²) in [6, 6.07) is 0.0731. The lowest BCUT2D eigenvalue weighted by Crippen LogP contribution is -2.46. The van der Waals surface area contributed by atoms with Crippen LogP contribution in [0, 0.1) is 23.2 Å². The van der Waals surface area contributed by atoms with E-state index in [1.54, 1.807) is 0 Å². The fourth-order valence-corrected chi connectivity index (χ4v) is 4.39. The first kappa shape index (κ1) is 14.4. The molecule has 1 heterocycles. The summed E-state index contributed by atoms with van der Waals surface area (Å²) >= 11 is 0. The van der Waals surface area contributed by atoms with Gasteiger partial charge in [0.2, 0.25) is 5.91 Å². The van der Waals surface area contributed by atoms with Crippen LogP contribution >= 0.6 is 0 Å². The third-order valence-corrected chi connectivity index (χ3v) is 5.97. The highest BCUT2D eigenvalue weighted by Crippen LogP contribution is 2.55. The summed E-state index contributed by atoms with van der Waals surface area (Å²) in [6.45, 7) is 6.62. The molecule has 0 spiro atoms. The molecule has 4 atom stereocenters. The molecule has 3 nitrogen and oxygen atoms in total. The van der Waals surface area contributed by atoms with E-state index in [1.165, 1.54) is 19.3 Å². The normalized spacial score (nSPS) is 39.9. The molecule has 0 aromatic rings. The lowest BCUT2D eigenvalue weighted by Gasteiger charge is -2.31. The number of carbonyl (C=O) groups is 1. The number of carbonyl (C=O) groups excluding carboxylic acids is 1. The molecule has 1 aliphatic heterocycles. The van der Waals surface area contributed by atoms with Gasteiger partial charge in [0.15, 0.2) is 0 Å². The van der Waals surface area contributed by atoms with Gasteiger partial charge in [0.05, 0.1) is 6.04 Å². The van der Waals surface area contributed by atoms with Gasteiger partial charge in [-0.2, -0.15) is 0 Å². The summed E-state index contributed by atoms with van der Waals surface area (Å²) in [7, 11) is 4.10. The third kappa shape index (κ3) is 2.74. The van der Waals surface area contributed by atoms with E-state index in [9.17, 15) is 4.79 Å². The molecular weight excluding hydrogens is 248 g/mol. The van der Waals surface area contributed by atoms with Gasteiger partial charge in [0.1, 0.15) is 0 Å². The van der Waals surface area contributed by atoms with Gasteiger partial charge in [-0.15, -0.1) is 0 Å². The van der Waals surface area contributed by atoms with Crippen LogP contribution in [0.25, 0.3) is 0 Å². The van der Waals surface area contributed by atoms with E-state index >= 15 is 0 Å². The number of rotatable bonds is 3. The van der Waals surface area contributed by atoms with Crippen LogP contribution in [-0.4, -0.2) is 48.9 Å². The highest BCUT2D eigenvalue weighted by molar-refractivity contribution is 5.82. The predicted octanol–water partition coefficient (Wildman–Crippen LogP) is 2.61. The zero-order valence-electron chi connectivity index (χ0n) is 13.6. The van der Waals surface area contributed by atoms with Gasteiger partial charge in [-0.1, -0.05) is 13.8 Å². The first-order valence-electron chi connectivity index (χ1n) is 8.32. The Morgan fingerprint density at radius 3 is 2.60 bits per heavy atom. The quantitative estimate of drug-likeness (QED) is 0.792. The van der Waals surface area contributed by atoms with Crippen molar-refractivity contribution < 1.29 is 4.79 Å². The molecule has 0 radical (unpaired) electrons.